The minimum Gasteiger partial charge on any atom is -0.493 e. The molecule has 0 bridgehead atoms. The quantitative estimate of drug-likeness (QED) is 0.797. The number of aromatic nitrogens is 1. The molecule has 6 heteroatoms. The molecule has 0 saturated carbocycles. The molecule has 0 saturated heterocycles. The number of nitrogens with one attached hydrogen (secondary N) is 1. The molecule has 1 aromatic heterocycles. The van der Waals surface area contributed by atoms with E-state index in [1.54, 1.807) is 49.8 Å². The lowest BCUT2D eigenvalue weighted by atomic mass is 10.2. The van der Waals surface area contributed by atoms with Crippen LogP contribution in [0.3, 0.4) is 0 Å². The van der Waals surface area contributed by atoms with E-state index in [9.17, 15) is 4.79 Å². The zero-order valence-corrected chi connectivity index (χ0v) is 14.5. The van der Waals surface area contributed by atoms with Gasteiger partial charge in [-0.2, -0.15) is 0 Å². The monoisotopic (exact) mass is 346 g/mol. The van der Waals surface area contributed by atoms with Crippen LogP contribution in [0, 0.1) is 0 Å². The van der Waals surface area contributed by atoms with Crippen LogP contribution < -0.4 is 14.8 Å². The summed E-state index contributed by atoms with van der Waals surface area (Å²) in [6.45, 7) is 3.82. The molecule has 0 spiro atoms. The summed E-state index contributed by atoms with van der Waals surface area (Å²) in [5.41, 5.74) is 1.36. The third-order valence-electron chi connectivity index (χ3n) is 2.96. The van der Waals surface area contributed by atoms with Crippen LogP contribution in [-0.2, 0) is 4.79 Å². The summed E-state index contributed by atoms with van der Waals surface area (Å²) in [5.74, 6) is 0.746. The van der Waals surface area contributed by atoms with E-state index in [-0.39, 0.29) is 12.0 Å². The average molecular weight is 347 g/mol. The van der Waals surface area contributed by atoms with Gasteiger partial charge in [0.15, 0.2) is 11.5 Å². The number of methoxy groups -OCH3 is 1. The van der Waals surface area contributed by atoms with Gasteiger partial charge in [0.1, 0.15) is 0 Å². The molecule has 24 heavy (non-hydrogen) atoms. The van der Waals surface area contributed by atoms with Crippen molar-refractivity contribution in [2.45, 2.75) is 20.0 Å². The number of carbonyl (C=O) groups excluding carboxylic acids is 1. The van der Waals surface area contributed by atoms with Gasteiger partial charge in [0.25, 0.3) is 0 Å². The van der Waals surface area contributed by atoms with Crippen LogP contribution in [0.2, 0.25) is 5.02 Å². The van der Waals surface area contributed by atoms with Gasteiger partial charge in [0.05, 0.1) is 30.1 Å². The Morgan fingerprint density at radius 2 is 2.17 bits per heavy atom. The lowest BCUT2D eigenvalue weighted by Crippen LogP contribution is -2.08. The Labute approximate surface area is 146 Å². The van der Waals surface area contributed by atoms with Gasteiger partial charge in [-0.05, 0) is 49.8 Å². The number of amides is 1. The van der Waals surface area contributed by atoms with E-state index in [1.807, 2.05) is 13.8 Å². The summed E-state index contributed by atoms with van der Waals surface area (Å²) in [6, 6.07) is 6.99. The minimum atomic E-state index is -0.263. The number of hydrogen-bond donors (Lipinski definition) is 1. The molecule has 0 aliphatic rings. The van der Waals surface area contributed by atoms with Crippen molar-refractivity contribution in [3.8, 4) is 11.5 Å². The Bertz CT molecular complexity index is 731. The highest BCUT2D eigenvalue weighted by Gasteiger charge is 2.12. The smallest absolute Gasteiger partial charge is 0.248 e. The highest BCUT2D eigenvalue weighted by molar-refractivity contribution is 6.32. The van der Waals surface area contributed by atoms with Gasteiger partial charge in [0, 0.05) is 12.3 Å². The van der Waals surface area contributed by atoms with Crippen LogP contribution in [-0.4, -0.2) is 24.1 Å². The lowest BCUT2D eigenvalue weighted by molar-refractivity contribution is -0.111. The molecule has 0 fully saturated rings. The molecule has 126 valence electrons. The van der Waals surface area contributed by atoms with Gasteiger partial charge in [-0.25, -0.2) is 0 Å². The number of anilines is 1. The van der Waals surface area contributed by atoms with Gasteiger partial charge >= 0.3 is 0 Å². The highest BCUT2D eigenvalue weighted by Crippen LogP contribution is 2.37. The molecule has 0 radical (unpaired) electrons. The molecular formula is C18H19ClN2O3. The SMILES string of the molecule is COc1cc(/C=C/C(=O)Nc2cccnc2)cc(Cl)c1OC(C)C. The van der Waals surface area contributed by atoms with E-state index in [0.29, 0.717) is 22.2 Å². The number of halogens is 1. The molecule has 0 aliphatic heterocycles. The van der Waals surface area contributed by atoms with Gasteiger partial charge < -0.3 is 14.8 Å². The molecular weight excluding hydrogens is 328 g/mol. The predicted octanol–water partition coefficient (Wildman–Crippen LogP) is 4.18. The number of rotatable bonds is 6. The Morgan fingerprint density at radius 1 is 1.38 bits per heavy atom. The zero-order valence-electron chi connectivity index (χ0n) is 13.7. The fourth-order valence-electron chi connectivity index (χ4n) is 1.98. The fraction of sp³-hybridized carbons (Fsp3) is 0.222. The number of nitrogens with zero attached hydrogens (tertiary/aromatic N) is 1. The van der Waals surface area contributed by atoms with Crippen molar-refractivity contribution in [3.05, 3.63) is 53.3 Å². The number of benzene rings is 1. The maximum Gasteiger partial charge on any atom is 0.248 e. The maximum absolute atomic E-state index is 11.9. The van der Waals surface area contributed by atoms with Crippen molar-refractivity contribution < 1.29 is 14.3 Å². The molecule has 1 N–H and O–H groups in total. The first-order chi connectivity index (χ1) is 11.5. The van der Waals surface area contributed by atoms with Crippen molar-refractivity contribution in [3.63, 3.8) is 0 Å². The summed E-state index contributed by atoms with van der Waals surface area (Å²) >= 11 is 6.25. The summed E-state index contributed by atoms with van der Waals surface area (Å²) in [4.78, 5) is 15.9. The summed E-state index contributed by atoms with van der Waals surface area (Å²) < 4.78 is 11.0. The largest absolute Gasteiger partial charge is 0.493 e. The van der Waals surface area contributed by atoms with E-state index in [1.165, 1.54) is 6.08 Å². The van der Waals surface area contributed by atoms with Crippen LogP contribution in [0.1, 0.15) is 19.4 Å². The third-order valence-corrected chi connectivity index (χ3v) is 3.24. The standard InChI is InChI=1S/C18H19ClN2O3/c1-12(2)24-18-15(19)9-13(10-16(18)23-3)6-7-17(22)21-14-5-4-8-20-11-14/h4-12H,1-3H3,(H,21,22)/b7-6+. The summed E-state index contributed by atoms with van der Waals surface area (Å²) in [7, 11) is 1.54. The van der Waals surface area contributed by atoms with E-state index in [2.05, 4.69) is 10.3 Å². The molecule has 1 aromatic carbocycles. The number of carbonyl (C=O) groups is 1. The van der Waals surface area contributed by atoms with Gasteiger partial charge in [-0.1, -0.05) is 11.6 Å². The van der Waals surface area contributed by atoms with E-state index >= 15 is 0 Å². The van der Waals surface area contributed by atoms with Crippen molar-refractivity contribution in [1.29, 1.82) is 0 Å². The van der Waals surface area contributed by atoms with Gasteiger partial charge in [-0.15, -0.1) is 0 Å². The highest BCUT2D eigenvalue weighted by atomic mass is 35.5. The van der Waals surface area contributed by atoms with Crippen LogP contribution in [0.4, 0.5) is 5.69 Å². The van der Waals surface area contributed by atoms with Gasteiger partial charge in [0.2, 0.25) is 5.91 Å². The molecule has 5 nitrogen and oxygen atoms in total. The summed E-state index contributed by atoms with van der Waals surface area (Å²) in [6.07, 6.45) is 6.26. The minimum absolute atomic E-state index is 0.0250. The first kappa shape index (κ1) is 17.8. The Balaban J connectivity index is 2.14. The number of ether oxygens (including phenoxy) is 2. The second-order valence-electron chi connectivity index (χ2n) is 5.27. The lowest BCUT2D eigenvalue weighted by Gasteiger charge is -2.15. The van der Waals surface area contributed by atoms with Crippen LogP contribution in [0.25, 0.3) is 6.08 Å². The fourth-order valence-corrected chi connectivity index (χ4v) is 2.24. The van der Waals surface area contributed by atoms with E-state index < -0.39 is 0 Å². The van der Waals surface area contributed by atoms with E-state index in [0.717, 1.165) is 5.56 Å². The van der Waals surface area contributed by atoms with Crippen molar-refractivity contribution in [1.82, 2.24) is 4.98 Å². The molecule has 0 atom stereocenters. The molecule has 0 unspecified atom stereocenters. The van der Waals surface area contributed by atoms with Crippen LogP contribution in [0.5, 0.6) is 11.5 Å². The number of hydrogen-bond acceptors (Lipinski definition) is 4. The Kier molecular flexibility index (Phi) is 6.21. The summed E-state index contributed by atoms with van der Waals surface area (Å²) in [5, 5.41) is 3.14. The molecule has 1 heterocycles. The normalized spacial score (nSPS) is 10.9. The predicted molar refractivity (Wildman–Crippen MR) is 95.7 cm³/mol. The average Bonchev–Trinajstić information content (AvgIpc) is 2.55. The van der Waals surface area contributed by atoms with Crippen LogP contribution >= 0.6 is 11.6 Å². The molecule has 0 aliphatic carbocycles. The molecule has 2 rings (SSSR count). The van der Waals surface area contributed by atoms with Gasteiger partial charge in [-0.3, -0.25) is 9.78 Å². The molecule has 2 aromatic rings. The second-order valence-corrected chi connectivity index (χ2v) is 5.67. The zero-order chi connectivity index (χ0) is 17.5. The molecule has 1 amide bonds. The van der Waals surface area contributed by atoms with Crippen molar-refractivity contribution in [2.75, 3.05) is 12.4 Å². The second kappa shape index (κ2) is 8.36. The first-order valence-electron chi connectivity index (χ1n) is 7.43. The first-order valence-corrected chi connectivity index (χ1v) is 7.80. The van der Waals surface area contributed by atoms with Crippen molar-refractivity contribution in [2.24, 2.45) is 0 Å². The maximum atomic E-state index is 11.9. The third kappa shape index (κ3) is 4.99. The Morgan fingerprint density at radius 3 is 2.79 bits per heavy atom. The van der Waals surface area contributed by atoms with Crippen molar-refractivity contribution >= 4 is 29.3 Å². The van der Waals surface area contributed by atoms with E-state index in [4.69, 9.17) is 21.1 Å². The number of pyridine rings is 1. The topological polar surface area (TPSA) is 60.5 Å². The Hall–Kier alpha value is -2.53. The van der Waals surface area contributed by atoms with Crippen LogP contribution in [0.15, 0.2) is 42.7 Å².